The fourth-order valence-electron chi connectivity index (χ4n) is 1.61. The van der Waals surface area contributed by atoms with Crippen LogP contribution in [0.2, 0.25) is 5.15 Å². The minimum Gasteiger partial charge on any atom is -0.334 e. The van der Waals surface area contributed by atoms with Crippen molar-refractivity contribution >= 4 is 22.8 Å². The summed E-state index contributed by atoms with van der Waals surface area (Å²) < 4.78 is 0. The Hall–Kier alpha value is -2.14. The van der Waals surface area contributed by atoms with E-state index in [0.717, 1.165) is 5.56 Å². The maximum absolute atomic E-state index is 11.1. The molecular weight excluding hydrogens is 240 g/mol. The number of aromatic amines is 2. The van der Waals surface area contributed by atoms with Crippen LogP contribution in [0.25, 0.3) is 22.6 Å². The highest BCUT2D eigenvalue weighted by molar-refractivity contribution is 6.33. The van der Waals surface area contributed by atoms with Crippen molar-refractivity contribution in [1.82, 2.24) is 19.9 Å². The Kier molecular flexibility index (Phi) is 2.19. The van der Waals surface area contributed by atoms with Crippen molar-refractivity contribution in [3.05, 3.63) is 46.0 Å². The van der Waals surface area contributed by atoms with Gasteiger partial charge >= 0.3 is 5.69 Å². The van der Waals surface area contributed by atoms with E-state index in [1.165, 1.54) is 0 Å². The number of benzene rings is 1. The van der Waals surface area contributed by atoms with E-state index in [2.05, 4.69) is 19.9 Å². The number of nitrogens with zero attached hydrogens (tertiary/aromatic N) is 2. The highest BCUT2D eigenvalue weighted by Crippen LogP contribution is 2.21. The number of nitrogens with one attached hydrogen (secondary N) is 2. The van der Waals surface area contributed by atoms with E-state index in [0.29, 0.717) is 17.0 Å². The average Bonchev–Trinajstić information content (AvgIpc) is 2.74. The molecule has 0 saturated heterocycles. The third-order valence-electron chi connectivity index (χ3n) is 2.38. The first kappa shape index (κ1) is 10.0. The van der Waals surface area contributed by atoms with Gasteiger partial charge in [-0.05, 0) is 0 Å². The van der Waals surface area contributed by atoms with Crippen LogP contribution in [-0.4, -0.2) is 19.9 Å². The van der Waals surface area contributed by atoms with Crippen molar-refractivity contribution in [1.29, 1.82) is 0 Å². The molecule has 5 nitrogen and oxygen atoms in total. The maximum atomic E-state index is 11.1. The Morgan fingerprint density at radius 3 is 2.59 bits per heavy atom. The van der Waals surface area contributed by atoms with Crippen LogP contribution in [0.4, 0.5) is 0 Å². The minimum atomic E-state index is -0.506. The second-order valence-electron chi connectivity index (χ2n) is 3.51. The largest absolute Gasteiger partial charge is 0.348 e. The highest BCUT2D eigenvalue weighted by Gasteiger charge is 2.09. The summed E-state index contributed by atoms with van der Waals surface area (Å²) in [5.41, 5.74) is 1.25. The standard InChI is InChI=1S/C11H7ClN4O/c12-8-7-10(16-11(17)14-8)15-9(13-7)6-4-2-1-3-5-6/h1-5H,(H2,13,14,15,16,17). The molecule has 0 spiro atoms. The van der Waals surface area contributed by atoms with Crippen LogP contribution in [0.5, 0.6) is 0 Å². The van der Waals surface area contributed by atoms with Gasteiger partial charge in [0.05, 0.1) is 0 Å². The zero-order valence-corrected chi connectivity index (χ0v) is 9.32. The number of hydrogen-bond donors (Lipinski definition) is 2. The number of aromatic nitrogens is 4. The highest BCUT2D eigenvalue weighted by atomic mass is 35.5. The summed E-state index contributed by atoms with van der Waals surface area (Å²) in [6.45, 7) is 0. The molecule has 0 unspecified atom stereocenters. The van der Waals surface area contributed by atoms with Crippen molar-refractivity contribution < 1.29 is 0 Å². The molecule has 2 N–H and O–H groups in total. The van der Waals surface area contributed by atoms with E-state index in [9.17, 15) is 4.79 Å². The lowest BCUT2D eigenvalue weighted by Gasteiger charge is -1.93. The maximum Gasteiger partial charge on any atom is 0.348 e. The monoisotopic (exact) mass is 246 g/mol. The van der Waals surface area contributed by atoms with Crippen LogP contribution in [-0.2, 0) is 0 Å². The summed E-state index contributed by atoms with van der Waals surface area (Å²) >= 11 is 5.90. The SMILES string of the molecule is O=c1nc2nc(-c3ccccc3)[nH]c2c(Cl)[nH]1. The molecule has 0 radical (unpaired) electrons. The van der Waals surface area contributed by atoms with Crippen molar-refractivity contribution in [3.63, 3.8) is 0 Å². The number of imidazole rings is 1. The van der Waals surface area contributed by atoms with Crippen molar-refractivity contribution in [2.75, 3.05) is 0 Å². The smallest absolute Gasteiger partial charge is 0.334 e. The number of rotatable bonds is 1. The van der Waals surface area contributed by atoms with Gasteiger partial charge < -0.3 is 4.98 Å². The lowest BCUT2D eigenvalue weighted by atomic mass is 10.2. The molecule has 1 aromatic carbocycles. The van der Waals surface area contributed by atoms with E-state index in [1.54, 1.807) is 0 Å². The fourth-order valence-corrected chi connectivity index (χ4v) is 1.82. The lowest BCUT2D eigenvalue weighted by Crippen LogP contribution is -2.09. The van der Waals surface area contributed by atoms with Gasteiger partial charge in [0.1, 0.15) is 16.5 Å². The molecule has 0 bridgehead atoms. The normalized spacial score (nSPS) is 10.9. The van der Waals surface area contributed by atoms with E-state index in [1.807, 2.05) is 30.3 Å². The van der Waals surface area contributed by atoms with Gasteiger partial charge in [0.2, 0.25) is 0 Å². The Labute approximate surface area is 101 Å². The number of H-pyrrole nitrogens is 2. The summed E-state index contributed by atoms with van der Waals surface area (Å²) in [6, 6.07) is 9.55. The predicted molar refractivity (Wildman–Crippen MR) is 65.0 cm³/mol. The number of halogens is 1. The van der Waals surface area contributed by atoms with Gasteiger partial charge in [-0.25, -0.2) is 9.78 Å². The summed E-state index contributed by atoms with van der Waals surface area (Å²) in [7, 11) is 0. The molecule has 6 heteroatoms. The third-order valence-corrected chi connectivity index (χ3v) is 2.66. The number of hydrogen-bond acceptors (Lipinski definition) is 3. The molecule has 2 heterocycles. The molecule has 0 saturated carbocycles. The van der Waals surface area contributed by atoms with E-state index in [-0.39, 0.29) is 5.15 Å². The Morgan fingerprint density at radius 2 is 1.82 bits per heavy atom. The van der Waals surface area contributed by atoms with Gasteiger partial charge in [0.15, 0.2) is 5.65 Å². The lowest BCUT2D eigenvalue weighted by molar-refractivity contribution is 1.11. The summed E-state index contributed by atoms with van der Waals surface area (Å²) in [6.07, 6.45) is 0. The van der Waals surface area contributed by atoms with Crippen LogP contribution in [0.3, 0.4) is 0 Å². The zero-order chi connectivity index (χ0) is 11.8. The molecule has 0 atom stereocenters. The fraction of sp³-hybridized carbons (Fsp3) is 0. The van der Waals surface area contributed by atoms with Gasteiger partial charge in [0, 0.05) is 5.56 Å². The van der Waals surface area contributed by atoms with Gasteiger partial charge in [-0.1, -0.05) is 41.9 Å². The molecule has 0 amide bonds. The predicted octanol–water partition coefficient (Wildman–Crippen LogP) is 1.97. The van der Waals surface area contributed by atoms with E-state index in [4.69, 9.17) is 11.6 Å². The summed E-state index contributed by atoms with van der Waals surface area (Å²) in [5.74, 6) is 0.633. The minimum absolute atomic E-state index is 0.217. The quantitative estimate of drug-likeness (QED) is 0.645. The Bertz CT molecular complexity index is 732. The van der Waals surface area contributed by atoms with Crippen LogP contribution in [0, 0.1) is 0 Å². The topological polar surface area (TPSA) is 74.4 Å². The van der Waals surface area contributed by atoms with E-state index >= 15 is 0 Å². The van der Waals surface area contributed by atoms with Gasteiger partial charge in [-0.15, -0.1) is 0 Å². The molecule has 0 aliphatic heterocycles. The molecule has 17 heavy (non-hydrogen) atoms. The Morgan fingerprint density at radius 1 is 1.06 bits per heavy atom. The third kappa shape index (κ3) is 1.70. The van der Waals surface area contributed by atoms with Gasteiger partial charge in [-0.3, -0.25) is 4.98 Å². The molecule has 2 aromatic heterocycles. The molecule has 0 fully saturated rings. The molecule has 3 rings (SSSR count). The zero-order valence-electron chi connectivity index (χ0n) is 8.57. The van der Waals surface area contributed by atoms with Crippen molar-refractivity contribution in [3.8, 4) is 11.4 Å². The first-order valence-corrected chi connectivity index (χ1v) is 5.33. The molecular formula is C11H7ClN4O. The second-order valence-corrected chi connectivity index (χ2v) is 3.88. The number of fused-ring (bicyclic) bond motifs is 1. The first-order chi connectivity index (χ1) is 8.24. The van der Waals surface area contributed by atoms with Crippen LogP contribution < -0.4 is 5.69 Å². The molecule has 0 aliphatic carbocycles. The van der Waals surface area contributed by atoms with Crippen LogP contribution in [0.1, 0.15) is 0 Å². The molecule has 84 valence electrons. The first-order valence-electron chi connectivity index (χ1n) is 4.95. The average molecular weight is 247 g/mol. The van der Waals surface area contributed by atoms with Gasteiger partial charge in [-0.2, -0.15) is 4.98 Å². The summed E-state index contributed by atoms with van der Waals surface area (Å²) in [5, 5.41) is 0.217. The van der Waals surface area contributed by atoms with Gasteiger partial charge in [0.25, 0.3) is 0 Å². The molecule has 3 aromatic rings. The Balaban J connectivity index is 2.27. The van der Waals surface area contributed by atoms with Crippen LogP contribution in [0.15, 0.2) is 35.1 Å². The molecule has 0 aliphatic rings. The van der Waals surface area contributed by atoms with Crippen LogP contribution >= 0.6 is 11.6 Å². The second kappa shape index (κ2) is 3.71. The van der Waals surface area contributed by atoms with Crippen molar-refractivity contribution in [2.24, 2.45) is 0 Å². The van der Waals surface area contributed by atoms with E-state index < -0.39 is 5.69 Å². The van der Waals surface area contributed by atoms with Crippen molar-refractivity contribution in [2.45, 2.75) is 0 Å². The summed E-state index contributed by atoms with van der Waals surface area (Å²) in [4.78, 5) is 24.6.